The first-order valence-electron chi connectivity index (χ1n) is 9.26. The lowest BCUT2D eigenvalue weighted by atomic mass is 10.2. The van der Waals surface area contributed by atoms with Gasteiger partial charge >= 0.3 is 0 Å². The predicted octanol–water partition coefficient (Wildman–Crippen LogP) is 2.79. The van der Waals surface area contributed by atoms with Gasteiger partial charge in [-0.3, -0.25) is 9.69 Å². The van der Waals surface area contributed by atoms with Crippen molar-refractivity contribution in [3.8, 4) is 5.75 Å². The molecule has 2 aromatic rings. The summed E-state index contributed by atoms with van der Waals surface area (Å²) in [4.78, 5) is 14.8. The molecule has 0 bridgehead atoms. The number of nitrogens with zero attached hydrogens (tertiary/aromatic N) is 2. The Balaban J connectivity index is 1.59. The molecule has 0 aromatic heterocycles. The number of carbonyl (C=O) groups excluding carboxylic acids is 1. The second-order valence-corrected chi connectivity index (χ2v) is 9.64. The van der Waals surface area contributed by atoms with E-state index in [1.165, 1.54) is 11.4 Å². The lowest BCUT2D eigenvalue weighted by Crippen LogP contribution is -2.53. The third kappa shape index (κ3) is 5.16. The third-order valence-corrected chi connectivity index (χ3v) is 7.40. The molecule has 1 atom stereocenters. The van der Waals surface area contributed by atoms with Crippen LogP contribution in [-0.2, 0) is 14.8 Å². The average Bonchev–Trinajstić information content (AvgIpc) is 2.73. The zero-order chi connectivity index (χ0) is 21.0. The van der Waals surface area contributed by atoms with Crippen LogP contribution >= 0.6 is 15.9 Å². The van der Waals surface area contributed by atoms with Crippen molar-refractivity contribution in [2.75, 3.05) is 38.6 Å². The molecule has 1 aliphatic rings. The molecule has 1 aliphatic heterocycles. The highest BCUT2D eigenvalue weighted by Gasteiger charge is 2.31. The Morgan fingerprint density at radius 3 is 2.34 bits per heavy atom. The normalized spacial score (nSPS) is 16.9. The maximum absolute atomic E-state index is 12.9. The van der Waals surface area contributed by atoms with Gasteiger partial charge in [-0.1, -0.05) is 22.0 Å². The van der Waals surface area contributed by atoms with Crippen molar-refractivity contribution in [2.45, 2.75) is 17.9 Å². The number of methoxy groups -OCH3 is 1. The van der Waals surface area contributed by atoms with Crippen LogP contribution < -0.4 is 10.1 Å². The van der Waals surface area contributed by atoms with Gasteiger partial charge in [-0.05, 0) is 49.4 Å². The minimum absolute atomic E-state index is 0.116. The number of rotatable bonds is 6. The first-order valence-corrected chi connectivity index (χ1v) is 11.5. The van der Waals surface area contributed by atoms with Crippen molar-refractivity contribution >= 4 is 37.5 Å². The molecular formula is C20H24BrN3O4S. The van der Waals surface area contributed by atoms with Crippen molar-refractivity contribution < 1.29 is 17.9 Å². The summed E-state index contributed by atoms with van der Waals surface area (Å²) in [5, 5.41) is 2.90. The van der Waals surface area contributed by atoms with Crippen LogP contribution in [0.4, 0.5) is 5.69 Å². The quantitative estimate of drug-likeness (QED) is 0.685. The second-order valence-electron chi connectivity index (χ2n) is 6.79. The number of piperazine rings is 1. The Bertz CT molecular complexity index is 958. The third-order valence-electron chi connectivity index (χ3n) is 4.99. The predicted molar refractivity (Wildman–Crippen MR) is 116 cm³/mol. The number of hydrogen-bond donors (Lipinski definition) is 1. The molecule has 0 radical (unpaired) electrons. The average molecular weight is 482 g/mol. The highest BCUT2D eigenvalue weighted by molar-refractivity contribution is 9.10. The van der Waals surface area contributed by atoms with Gasteiger partial charge in [0.2, 0.25) is 15.9 Å². The van der Waals surface area contributed by atoms with Crippen LogP contribution in [0.15, 0.2) is 57.9 Å². The Morgan fingerprint density at radius 2 is 1.76 bits per heavy atom. The lowest BCUT2D eigenvalue weighted by molar-refractivity contribution is -0.121. The number of ether oxygens (including phenoxy) is 1. The van der Waals surface area contributed by atoms with E-state index >= 15 is 0 Å². The van der Waals surface area contributed by atoms with Gasteiger partial charge in [0.25, 0.3) is 0 Å². The highest BCUT2D eigenvalue weighted by Crippen LogP contribution is 2.22. The molecular weight excluding hydrogens is 458 g/mol. The molecule has 1 heterocycles. The fourth-order valence-corrected chi connectivity index (χ4v) is 5.03. The molecule has 1 unspecified atom stereocenters. The Labute approximate surface area is 179 Å². The Hall–Kier alpha value is -1.94. The van der Waals surface area contributed by atoms with E-state index in [0.717, 1.165) is 10.2 Å². The fraction of sp³-hybridized carbons (Fsp3) is 0.350. The lowest BCUT2D eigenvalue weighted by Gasteiger charge is -2.36. The molecule has 0 saturated carbocycles. The zero-order valence-corrected chi connectivity index (χ0v) is 18.7. The van der Waals surface area contributed by atoms with E-state index in [2.05, 4.69) is 21.2 Å². The molecule has 156 valence electrons. The minimum Gasteiger partial charge on any atom is -0.497 e. The first-order chi connectivity index (χ1) is 13.8. The van der Waals surface area contributed by atoms with Crippen LogP contribution in [0.25, 0.3) is 0 Å². The fourth-order valence-electron chi connectivity index (χ4n) is 3.21. The van der Waals surface area contributed by atoms with E-state index in [1.807, 2.05) is 36.1 Å². The van der Waals surface area contributed by atoms with Gasteiger partial charge in [0.05, 0.1) is 18.0 Å². The second kappa shape index (κ2) is 9.25. The highest BCUT2D eigenvalue weighted by atomic mass is 79.9. The van der Waals surface area contributed by atoms with Crippen LogP contribution in [0.1, 0.15) is 6.92 Å². The maximum atomic E-state index is 12.9. The van der Waals surface area contributed by atoms with E-state index in [1.54, 1.807) is 24.3 Å². The zero-order valence-electron chi connectivity index (χ0n) is 16.3. The molecule has 29 heavy (non-hydrogen) atoms. The van der Waals surface area contributed by atoms with Crippen LogP contribution in [0.3, 0.4) is 0 Å². The van der Waals surface area contributed by atoms with Crippen LogP contribution in [0.2, 0.25) is 0 Å². The standard InChI is InChI=1S/C20H24BrN3O4S/c1-15(20(25)22-17-5-3-4-16(21)14-17)23-10-12-24(13-11-23)29(26,27)19-8-6-18(28-2)7-9-19/h3-9,14-15H,10-13H2,1-2H3,(H,22,25). The van der Waals surface area contributed by atoms with Crippen molar-refractivity contribution in [1.29, 1.82) is 0 Å². The van der Waals surface area contributed by atoms with Crippen LogP contribution in [-0.4, -0.2) is 62.9 Å². The van der Waals surface area contributed by atoms with Gasteiger partial charge in [-0.15, -0.1) is 0 Å². The summed E-state index contributed by atoms with van der Waals surface area (Å²) in [6.07, 6.45) is 0. The van der Waals surface area contributed by atoms with Crippen molar-refractivity contribution in [3.63, 3.8) is 0 Å². The molecule has 1 N–H and O–H groups in total. The topological polar surface area (TPSA) is 79.0 Å². The van der Waals surface area contributed by atoms with E-state index in [9.17, 15) is 13.2 Å². The summed E-state index contributed by atoms with van der Waals surface area (Å²) in [5.41, 5.74) is 0.719. The van der Waals surface area contributed by atoms with E-state index in [4.69, 9.17) is 4.74 Å². The van der Waals surface area contributed by atoms with Gasteiger partial charge in [-0.2, -0.15) is 4.31 Å². The van der Waals surface area contributed by atoms with Crippen molar-refractivity contribution in [3.05, 3.63) is 53.0 Å². The smallest absolute Gasteiger partial charge is 0.243 e. The number of nitrogens with one attached hydrogen (secondary N) is 1. The number of hydrogen-bond acceptors (Lipinski definition) is 5. The molecule has 1 fully saturated rings. The molecule has 3 rings (SSSR count). The number of amides is 1. The molecule has 0 spiro atoms. The number of sulfonamides is 1. The molecule has 7 nitrogen and oxygen atoms in total. The Morgan fingerprint density at radius 1 is 1.10 bits per heavy atom. The van der Waals surface area contributed by atoms with Gasteiger partial charge in [-0.25, -0.2) is 8.42 Å². The molecule has 1 saturated heterocycles. The first kappa shape index (κ1) is 21.8. The number of anilines is 1. The summed E-state index contributed by atoms with van der Waals surface area (Å²) >= 11 is 3.39. The summed E-state index contributed by atoms with van der Waals surface area (Å²) in [7, 11) is -2.03. The van der Waals surface area contributed by atoms with Gasteiger partial charge in [0, 0.05) is 36.3 Å². The van der Waals surface area contributed by atoms with Gasteiger partial charge < -0.3 is 10.1 Å². The van der Waals surface area contributed by atoms with E-state index < -0.39 is 10.0 Å². The number of carbonyl (C=O) groups is 1. The van der Waals surface area contributed by atoms with E-state index in [0.29, 0.717) is 31.9 Å². The number of halogens is 1. The van der Waals surface area contributed by atoms with E-state index in [-0.39, 0.29) is 16.8 Å². The molecule has 0 aliphatic carbocycles. The molecule has 1 amide bonds. The minimum atomic E-state index is -3.56. The SMILES string of the molecule is COc1ccc(S(=O)(=O)N2CCN(C(C)C(=O)Nc3cccc(Br)c3)CC2)cc1. The molecule has 2 aromatic carbocycles. The summed E-state index contributed by atoms with van der Waals surface area (Å²) in [6, 6.07) is 13.4. The van der Waals surface area contributed by atoms with Gasteiger partial charge in [0.1, 0.15) is 5.75 Å². The Kier molecular flexibility index (Phi) is 6.94. The molecule has 9 heteroatoms. The summed E-state index contributed by atoms with van der Waals surface area (Å²) in [5.74, 6) is 0.494. The van der Waals surface area contributed by atoms with Gasteiger partial charge in [0.15, 0.2) is 0 Å². The maximum Gasteiger partial charge on any atom is 0.243 e. The van der Waals surface area contributed by atoms with Crippen molar-refractivity contribution in [1.82, 2.24) is 9.21 Å². The van der Waals surface area contributed by atoms with Crippen LogP contribution in [0, 0.1) is 0 Å². The van der Waals surface area contributed by atoms with Crippen LogP contribution in [0.5, 0.6) is 5.75 Å². The summed E-state index contributed by atoms with van der Waals surface area (Å²) in [6.45, 7) is 3.48. The number of benzene rings is 2. The monoisotopic (exact) mass is 481 g/mol. The summed E-state index contributed by atoms with van der Waals surface area (Å²) < 4.78 is 33.1. The van der Waals surface area contributed by atoms with Crippen molar-refractivity contribution in [2.24, 2.45) is 0 Å². The largest absolute Gasteiger partial charge is 0.497 e.